The van der Waals surface area contributed by atoms with Crippen LogP contribution in [-0.2, 0) is 4.79 Å². The fourth-order valence-electron chi connectivity index (χ4n) is 3.12. The summed E-state index contributed by atoms with van der Waals surface area (Å²) in [4.78, 5) is 12.7. The van der Waals surface area contributed by atoms with Gasteiger partial charge < -0.3 is 10.1 Å². The molecular weight excluding hydrogens is 408 g/mol. The molecule has 4 rings (SSSR count). The Morgan fingerprint density at radius 3 is 2.45 bits per heavy atom. The third-order valence-corrected chi connectivity index (χ3v) is 5.54. The van der Waals surface area contributed by atoms with Crippen LogP contribution in [0.4, 0.5) is 5.69 Å². The van der Waals surface area contributed by atoms with Crippen LogP contribution in [-0.4, -0.2) is 26.4 Å². The lowest BCUT2D eigenvalue weighted by Crippen LogP contribution is -2.15. The van der Waals surface area contributed by atoms with Crippen molar-refractivity contribution in [1.82, 2.24) is 14.8 Å². The third kappa shape index (κ3) is 4.95. The summed E-state index contributed by atoms with van der Waals surface area (Å²) in [5.41, 5.74) is 2.74. The summed E-state index contributed by atoms with van der Waals surface area (Å²) in [7, 11) is 0. The van der Waals surface area contributed by atoms with E-state index >= 15 is 0 Å². The van der Waals surface area contributed by atoms with Gasteiger partial charge in [-0.15, -0.1) is 10.2 Å². The van der Waals surface area contributed by atoms with Gasteiger partial charge in [0.05, 0.1) is 17.1 Å². The van der Waals surface area contributed by atoms with E-state index in [-0.39, 0.29) is 11.7 Å². The van der Waals surface area contributed by atoms with Gasteiger partial charge in [0, 0.05) is 0 Å². The number of ether oxygens (including phenoxy) is 1. The summed E-state index contributed by atoms with van der Waals surface area (Å²) in [5, 5.41) is 12.1. The van der Waals surface area contributed by atoms with Crippen LogP contribution in [0.25, 0.3) is 5.69 Å². The largest absolute Gasteiger partial charge is 0.455 e. The van der Waals surface area contributed by atoms with Gasteiger partial charge in [0.15, 0.2) is 10.9 Å². The summed E-state index contributed by atoms with van der Waals surface area (Å²) in [5.74, 6) is 2.13. The van der Waals surface area contributed by atoms with Crippen molar-refractivity contribution >= 4 is 23.4 Å². The number of carbonyl (C=O) groups is 1. The molecule has 0 aliphatic rings. The number of amides is 1. The summed E-state index contributed by atoms with van der Waals surface area (Å²) >= 11 is 1.35. The predicted octanol–water partition coefficient (Wildman–Crippen LogP) is 5.41. The monoisotopic (exact) mass is 430 g/mol. The Bertz CT molecular complexity index is 1190. The minimum Gasteiger partial charge on any atom is -0.455 e. The van der Waals surface area contributed by atoms with E-state index in [9.17, 15) is 4.79 Å². The zero-order chi connectivity index (χ0) is 21.6. The number of hydrogen-bond acceptors (Lipinski definition) is 5. The van der Waals surface area contributed by atoms with E-state index in [1.54, 1.807) is 0 Å². The molecule has 0 atom stereocenters. The molecule has 1 aromatic heterocycles. The second kappa shape index (κ2) is 9.49. The lowest BCUT2D eigenvalue weighted by atomic mass is 10.2. The van der Waals surface area contributed by atoms with Crippen LogP contribution in [0.2, 0.25) is 0 Å². The minimum absolute atomic E-state index is 0.147. The molecule has 0 saturated heterocycles. The van der Waals surface area contributed by atoms with Gasteiger partial charge in [-0.2, -0.15) is 0 Å². The standard InChI is InChI=1S/C24H22N4O2S/c1-17-10-6-8-14-21(17)28-18(2)26-27-24(28)31-16-23(29)25-20-13-7-9-15-22(20)30-19-11-4-3-5-12-19/h3-15H,16H2,1-2H3,(H,25,29). The first kappa shape index (κ1) is 20.7. The number of anilines is 1. The molecule has 1 amide bonds. The van der Waals surface area contributed by atoms with E-state index in [0.717, 1.165) is 17.1 Å². The lowest BCUT2D eigenvalue weighted by Gasteiger charge is -2.13. The van der Waals surface area contributed by atoms with E-state index < -0.39 is 0 Å². The Kier molecular flexibility index (Phi) is 6.33. The summed E-state index contributed by atoms with van der Waals surface area (Å²) < 4.78 is 7.89. The SMILES string of the molecule is Cc1ccccc1-n1c(C)nnc1SCC(=O)Nc1ccccc1Oc1ccccc1. The van der Waals surface area contributed by atoms with Gasteiger partial charge in [-0.05, 0) is 49.7 Å². The molecule has 0 bridgehead atoms. The number of nitrogens with one attached hydrogen (secondary N) is 1. The normalized spacial score (nSPS) is 10.6. The molecule has 3 aromatic carbocycles. The topological polar surface area (TPSA) is 69.0 Å². The Morgan fingerprint density at radius 2 is 1.65 bits per heavy atom. The van der Waals surface area contributed by atoms with Gasteiger partial charge in [0.25, 0.3) is 0 Å². The Balaban J connectivity index is 1.45. The van der Waals surface area contributed by atoms with Gasteiger partial charge in [0.1, 0.15) is 11.6 Å². The van der Waals surface area contributed by atoms with E-state index in [1.807, 2.05) is 97.3 Å². The zero-order valence-corrected chi connectivity index (χ0v) is 18.1. The second-order valence-corrected chi connectivity index (χ2v) is 7.84. The molecular formula is C24H22N4O2S. The van der Waals surface area contributed by atoms with Crippen molar-refractivity contribution in [3.05, 3.63) is 90.3 Å². The fourth-order valence-corrected chi connectivity index (χ4v) is 3.91. The summed E-state index contributed by atoms with van der Waals surface area (Å²) in [6.07, 6.45) is 0. The van der Waals surface area contributed by atoms with Crippen LogP contribution < -0.4 is 10.1 Å². The van der Waals surface area contributed by atoms with Gasteiger partial charge in [-0.3, -0.25) is 9.36 Å². The minimum atomic E-state index is -0.147. The molecule has 6 nitrogen and oxygen atoms in total. The molecule has 0 spiro atoms. The van der Waals surface area contributed by atoms with Crippen molar-refractivity contribution < 1.29 is 9.53 Å². The highest BCUT2D eigenvalue weighted by Crippen LogP contribution is 2.30. The average molecular weight is 431 g/mol. The molecule has 7 heteroatoms. The first-order valence-corrected chi connectivity index (χ1v) is 10.8. The Hall–Kier alpha value is -3.58. The van der Waals surface area contributed by atoms with E-state index in [2.05, 4.69) is 15.5 Å². The maximum Gasteiger partial charge on any atom is 0.234 e. The Labute approximate surface area is 185 Å². The number of aryl methyl sites for hydroxylation is 2. The number of aromatic nitrogens is 3. The average Bonchev–Trinajstić information content (AvgIpc) is 3.15. The van der Waals surface area contributed by atoms with Crippen molar-refractivity contribution in [2.75, 3.05) is 11.1 Å². The lowest BCUT2D eigenvalue weighted by molar-refractivity contribution is -0.113. The molecule has 4 aromatic rings. The quantitative estimate of drug-likeness (QED) is 0.397. The molecule has 1 N–H and O–H groups in total. The summed E-state index contributed by atoms with van der Waals surface area (Å²) in [6, 6.07) is 24.9. The molecule has 0 unspecified atom stereocenters. The number of benzene rings is 3. The smallest absolute Gasteiger partial charge is 0.234 e. The van der Waals surface area contributed by atoms with Gasteiger partial charge in [-0.1, -0.05) is 60.3 Å². The molecule has 1 heterocycles. The maximum absolute atomic E-state index is 12.7. The molecule has 0 fully saturated rings. The number of hydrogen-bond donors (Lipinski definition) is 1. The first-order chi connectivity index (χ1) is 15.1. The molecule has 0 aliphatic heterocycles. The van der Waals surface area contributed by atoms with Crippen LogP contribution in [0.15, 0.2) is 84.0 Å². The molecule has 31 heavy (non-hydrogen) atoms. The summed E-state index contributed by atoms with van der Waals surface area (Å²) in [6.45, 7) is 3.94. The fraction of sp³-hybridized carbons (Fsp3) is 0.125. The number of rotatable bonds is 7. The van der Waals surface area contributed by atoms with Crippen molar-refractivity contribution in [3.8, 4) is 17.2 Å². The van der Waals surface area contributed by atoms with Crippen molar-refractivity contribution in [3.63, 3.8) is 0 Å². The maximum atomic E-state index is 12.7. The van der Waals surface area contributed by atoms with E-state index in [1.165, 1.54) is 11.8 Å². The third-order valence-electron chi connectivity index (χ3n) is 4.62. The van der Waals surface area contributed by atoms with Gasteiger partial charge in [0.2, 0.25) is 5.91 Å². The van der Waals surface area contributed by atoms with Crippen molar-refractivity contribution in [2.45, 2.75) is 19.0 Å². The molecule has 0 radical (unpaired) electrons. The number of para-hydroxylation sites is 4. The highest BCUT2D eigenvalue weighted by Gasteiger charge is 2.15. The zero-order valence-electron chi connectivity index (χ0n) is 17.3. The van der Waals surface area contributed by atoms with Crippen LogP contribution in [0.3, 0.4) is 0 Å². The molecule has 156 valence electrons. The predicted molar refractivity (Wildman–Crippen MR) is 123 cm³/mol. The number of carbonyl (C=O) groups excluding carboxylic acids is 1. The van der Waals surface area contributed by atoms with Crippen molar-refractivity contribution in [2.24, 2.45) is 0 Å². The van der Waals surface area contributed by atoms with E-state index in [4.69, 9.17) is 4.74 Å². The van der Waals surface area contributed by atoms with Crippen LogP contribution in [0, 0.1) is 13.8 Å². The molecule has 0 saturated carbocycles. The van der Waals surface area contributed by atoms with Crippen LogP contribution in [0.1, 0.15) is 11.4 Å². The van der Waals surface area contributed by atoms with Crippen LogP contribution >= 0.6 is 11.8 Å². The van der Waals surface area contributed by atoms with Gasteiger partial charge >= 0.3 is 0 Å². The number of thioether (sulfide) groups is 1. The molecule has 0 aliphatic carbocycles. The number of nitrogens with zero attached hydrogens (tertiary/aromatic N) is 3. The van der Waals surface area contributed by atoms with E-state index in [0.29, 0.717) is 22.3 Å². The highest BCUT2D eigenvalue weighted by molar-refractivity contribution is 7.99. The van der Waals surface area contributed by atoms with Crippen molar-refractivity contribution in [1.29, 1.82) is 0 Å². The van der Waals surface area contributed by atoms with Crippen LogP contribution in [0.5, 0.6) is 11.5 Å². The first-order valence-electron chi connectivity index (χ1n) is 9.84. The second-order valence-electron chi connectivity index (χ2n) is 6.90. The Morgan fingerprint density at radius 1 is 0.935 bits per heavy atom. The van der Waals surface area contributed by atoms with Gasteiger partial charge in [-0.25, -0.2) is 0 Å². The highest BCUT2D eigenvalue weighted by atomic mass is 32.2.